The Bertz CT molecular complexity index is 861. The first kappa shape index (κ1) is 18.0. The number of hydrogen-bond acceptors (Lipinski definition) is 4. The first-order valence-corrected chi connectivity index (χ1v) is 8.68. The fourth-order valence-corrected chi connectivity index (χ4v) is 3.26. The van der Waals surface area contributed by atoms with Crippen molar-refractivity contribution < 1.29 is 17.9 Å². The second-order valence-corrected chi connectivity index (χ2v) is 7.57. The molecule has 128 valence electrons. The summed E-state index contributed by atoms with van der Waals surface area (Å²) < 4.78 is 30.9. The number of aryl methyl sites for hydroxylation is 1. The maximum Gasteiger partial charge on any atom is 0.255 e. The van der Waals surface area contributed by atoms with Crippen molar-refractivity contribution in [3.8, 4) is 5.75 Å². The Kier molecular flexibility index (Phi) is 5.26. The van der Waals surface area contributed by atoms with Crippen LogP contribution in [-0.4, -0.2) is 39.8 Å². The number of anilines is 1. The van der Waals surface area contributed by atoms with Crippen LogP contribution in [0.25, 0.3) is 0 Å². The quantitative estimate of drug-likeness (QED) is 0.901. The van der Waals surface area contributed by atoms with E-state index in [1.165, 1.54) is 27.3 Å². The normalized spacial score (nSPS) is 11.4. The molecule has 0 heterocycles. The van der Waals surface area contributed by atoms with Gasteiger partial charge >= 0.3 is 0 Å². The molecular weight excluding hydrogens is 328 g/mol. The van der Waals surface area contributed by atoms with Crippen molar-refractivity contribution in [1.82, 2.24) is 4.31 Å². The van der Waals surface area contributed by atoms with Crippen molar-refractivity contribution in [3.05, 3.63) is 53.6 Å². The molecule has 2 aromatic carbocycles. The summed E-state index contributed by atoms with van der Waals surface area (Å²) in [5, 5.41) is 2.71. The van der Waals surface area contributed by atoms with Crippen LogP contribution in [0.1, 0.15) is 15.9 Å². The minimum Gasteiger partial charge on any atom is -0.497 e. The summed E-state index contributed by atoms with van der Waals surface area (Å²) >= 11 is 0. The molecule has 0 aliphatic heterocycles. The fourth-order valence-electron chi connectivity index (χ4n) is 2.12. The lowest BCUT2D eigenvalue weighted by Crippen LogP contribution is -2.23. The zero-order valence-corrected chi connectivity index (χ0v) is 14.8. The van der Waals surface area contributed by atoms with Gasteiger partial charge in [0.05, 0.1) is 12.0 Å². The molecule has 0 aliphatic rings. The number of methoxy groups -OCH3 is 1. The number of sulfonamides is 1. The molecule has 0 aliphatic carbocycles. The van der Waals surface area contributed by atoms with Gasteiger partial charge in [0.1, 0.15) is 5.75 Å². The Hall–Kier alpha value is -2.38. The maximum atomic E-state index is 12.3. The van der Waals surface area contributed by atoms with Gasteiger partial charge in [0.25, 0.3) is 5.91 Å². The van der Waals surface area contributed by atoms with Gasteiger partial charge in [-0.2, -0.15) is 0 Å². The first-order chi connectivity index (χ1) is 11.3. The summed E-state index contributed by atoms with van der Waals surface area (Å²) in [4.78, 5) is 12.5. The molecule has 0 radical (unpaired) electrons. The minimum atomic E-state index is -3.58. The minimum absolute atomic E-state index is 0.163. The summed E-state index contributed by atoms with van der Waals surface area (Å²) in [6, 6.07) is 11.5. The average molecular weight is 348 g/mol. The molecule has 0 spiro atoms. The zero-order valence-electron chi connectivity index (χ0n) is 14.0. The Labute approximate surface area is 142 Å². The molecular formula is C17H20N2O4S. The number of amides is 1. The summed E-state index contributed by atoms with van der Waals surface area (Å²) in [6.45, 7) is 1.71. The van der Waals surface area contributed by atoms with E-state index in [1.54, 1.807) is 43.3 Å². The molecule has 0 bridgehead atoms. The lowest BCUT2D eigenvalue weighted by molar-refractivity contribution is 0.102. The number of nitrogens with one attached hydrogen (secondary N) is 1. The largest absolute Gasteiger partial charge is 0.497 e. The molecule has 7 heteroatoms. The highest BCUT2D eigenvalue weighted by atomic mass is 32.2. The summed E-state index contributed by atoms with van der Waals surface area (Å²) in [6.07, 6.45) is 0. The summed E-state index contributed by atoms with van der Waals surface area (Å²) in [7, 11) is 0.881. The number of rotatable bonds is 5. The van der Waals surface area contributed by atoms with Crippen molar-refractivity contribution in [2.75, 3.05) is 26.5 Å². The second kappa shape index (κ2) is 7.02. The Morgan fingerprint density at radius 3 is 2.46 bits per heavy atom. The van der Waals surface area contributed by atoms with E-state index in [1.807, 2.05) is 0 Å². The standard InChI is InChI=1S/C17H20N2O4S/c1-12-8-9-14(11-16(12)24(21,22)19(2)3)18-17(20)13-6-5-7-15(10-13)23-4/h5-11H,1-4H3,(H,18,20). The molecule has 0 saturated carbocycles. The van der Waals surface area contributed by atoms with Crippen LogP contribution < -0.4 is 10.1 Å². The molecule has 1 amide bonds. The smallest absolute Gasteiger partial charge is 0.255 e. The lowest BCUT2D eigenvalue weighted by Gasteiger charge is -2.15. The first-order valence-electron chi connectivity index (χ1n) is 7.24. The molecule has 0 aromatic heterocycles. The third-order valence-electron chi connectivity index (χ3n) is 3.54. The molecule has 24 heavy (non-hydrogen) atoms. The fraction of sp³-hybridized carbons (Fsp3) is 0.235. The predicted octanol–water partition coefficient (Wildman–Crippen LogP) is 2.51. The van der Waals surface area contributed by atoms with E-state index in [0.29, 0.717) is 22.6 Å². The molecule has 6 nitrogen and oxygen atoms in total. The van der Waals surface area contributed by atoms with Gasteiger partial charge in [-0.1, -0.05) is 12.1 Å². The number of nitrogens with zero attached hydrogens (tertiary/aromatic N) is 1. The molecule has 0 atom stereocenters. The van der Waals surface area contributed by atoms with Gasteiger partial charge in [0.2, 0.25) is 10.0 Å². The van der Waals surface area contributed by atoms with Gasteiger partial charge in [0.15, 0.2) is 0 Å². The van der Waals surface area contributed by atoms with Crippen molar-refractivity contribution in [1.29, 1.82) is 0 Å². The lowest BCUT2D eigenvalue weighted by atomic mass is 10.2. The highest BCUT2D eigenvalue weighted by Crippen LogP contribution is 2.23. The van der Waals surface area contributed by atoms with Crippen LogP contribution in [0.2, 0.25) is 0 Å². The molecule has 1 N–H and O–H groups in total. The van der Waals surface area contributed by atoms with Crippen LogP contribution in [0.5, 0.6) is 5.75 Å². The van der Waals surface area contributed by atoms with Gasteiger partial charge in [0, 0.05) is 25.3 Å². The van der Waals surface area contributed by atoms with Crippen molar-refractivity contribution in [2.45, 2.75) is 11.8 Å². The van der Waals surface area contributed by atoms with Gasteiger partial charge < -0.3 is 10.1 Å². The Morgan fingerprint density at radius 1 is 1.12 bits per heavy atom. The second-order valence-electron chi connectivity index (χ2n) is 5.45. The van der Waals surface area contributed by atoms with Crippen molar-refractivity contribution >= 4 is 21.6 Å². The third kappa shape index (κ3) is 3.74. The molecule has 2 aromatic rings. The van der Waals surface area contributed by atoms with Gasteiger partial charge in [-0.15, -0.1) is 0 Å². The van der Waals surface area contributed by atoms with Crippen molar-refractivity contribution in [2.24, 2.45) is 0 Å². The van der Waals surface area contributed by atoms with E-state index in [-0.39, 0.29) is 10.8 Å². The molecule has 0 fully saturated rings. The number of ether oxygens (including phenoxy) is 1. The van der Waals surface area contributed by atoms with Gasteiger partial charge in [-0.25, -0.2) is 12.7 Å². The topological polar surface area (TPSA) is 75.7 Å². The number of carbonyl (C=O) groups excluding carboxylic acids is 1. The molecule has 0 saturated heterocycles. The van der Waals surface area contributed by atoms with E-state index >= 15 is 0 Å². The van der Waals surface area contributed by atoms with Crippen LogP contribution in [0.3, 0.4) is 0 Å². The van der Waals surface area contributed by atoms with Crippen molar-refractivity contribution in [3.63, 3.8) is 0 Å². The van der Waals surface area contributed by atoms with Crippen LogP contribution >= 0.6 is 0 Å². The monoisotopic (exact) mass is 348 g/mol. The average Bonchev–Trinajstić information content (AvgIpc) is 2.56. The van der Waals surface area contributed by atoms with Crippen LogP contribution in [0.15, 0.2) is 47.4 Å². The molecule has 2 rings (SSSR count). The van der Waals surface area contributed by atoms with E-state index in [2.05, 4.69) is 5.32 Å². The van der Waals surface area contributed by atoms with E-state index in [0.717, 1.165) is 4.31 Å². The summed E-state index contributed by atoms with van der Waals surface area (Å²) in [5.41, 5.74) is 1.45. The number of carbonyl (C=O) groups is 1. The van der Waals surface area contributed by atoms with Crippen LogP contribution in [-0.2, 0) is 10.0 Å². The van der Waals surface area contributed by atoms with Gasteiger partial charge in [-0.05, 0) is 42.8 Å². The zero-order chi connectivity index (χ0) is 17.9. The highest BCUT2D eigenvalue weighted by Gasteiger charge is 2.20. The molecule has 0 unspecified atom stereocenters. The van der Waals surface area contributed by atoms with Crippen LogP contribution in [0.4, 0.5) is 5.69 Å². The van der Waals surface area contributed by atoms with E-state index in [9.17, 15) is 13.2 Å². The van der Waals surface area contributed by atoms with E-state index in [4.69, 9.17) is 4.74 Å². The number of benzene rings is 2. The van der Waals surface area contributed by atoms with E-state index < -0.39 is 10.0 Å². The van der Waals surface area contributed by atoms with Gasteiger partial charge in [-0.3, -0.25) is 4.79 Å². The Morgan fingerprint density at radius 2 is 1.83 bits per heavy atom. The number of hydrogen-bond donors (Lipinski definition) is 1. The Balaban J connectivity index is 2.32. The highest BCUT2D eigenvalue weighted by molar-refractivity contribution is 7.89. The van der Waals surface area contributed by atoms with Crippen LogP contribution in [0, 0.1) is 6.92 Å². The predicted molar refractivity (Wildman–Crippen MR) is 93.0 cm³/mol. The maximum absolute atomic E-state index is 12.3. The third-order valence-corrected chi connectivity index (χ3v) is 5.49. The summed E-state index contributed by atoms with van der Waals surface area (Å²) in [5.74, 6) is 0.230. The SMILES string of the molecule is COc1cccc(C(=O)Nc2ccc(C)c(S(=O)(=O)N(C)C)c2)c1.